The number of carboxylic acids is 1. The lowest BCUT2D eigenvalue weighted by Gasteiger charge is -2.07. The molecule has 3 nitrogen and oxygen atoms in total. The lowest BCUT2D eigenvalue weighted by molar-refractivity contribution is 0.0696. The molecule has 1 N–H and O–H groups in total. The van der Waals surface area contributed by atoms with Gasteiger partial charge >= 0.3 is 5.97 Å². The Kier molecular flexibility index (Phi) is 3.67. The van der Waals surface area contributed by atoms with Crippen molar-refractivity contribution < 1.29 is 14.7 Å². The number of hydrogen-bond donors (Lipinski definition) is 1. The van der Waals surface area contributed by atoms with E-state index in [4.69, 9.17) is 16.7 Å². The number of benzene rings is 2. The maximum atomic E-state index is 11.4. The van der Waals surface area contributed by atoms with Crippen LogP contribution in [0.2, 0.25) is 5.02 Å². The zero-order chi connectivity index (χ0) is 14.0. The van der Waals surface area contributed by atoms with Crippen molar-refractivity contribution in [2.75, 3.05) is 0 Å². The summed E-state index contributed by atoms with van der Waals surface area (Å²) in [5, 5.41) is 9.37. The predicted octanol–water partition coefficient (Wildman–Crippen LogP) is 3.91. The van der Waals surface area contributed by atoms with E-state index >= 15 is 0 Å². The number of carbonyl (C=O) groups excluding carboxylic acids is 1. The highest BCUT2D eigenvalue weighted by atomic mass is 35.5. The lowest BCUT2D eigenvalue weighted by Crippen LogP contribution is -1.96. The second kappa shape index (κ2) is 5.24. The van der Waals surface area contributed by atoms with Gasteiger partial charge in [-0.3, -0.25) is 4.79 Å². The summed E-state index contributed by atoms with van der Waals surface area (Å²) < 4.78 is 0. The van der Waals surface area contributed by atoms with Crippen molar-refractivity contribution in [2.45, 2.75) is 6.92 Å². The number of aromatic carboxylic acids is 1. The quantitative estimate of drug-likeness (QED) is 0.864. The molecule has 0 atom stereocenters. The van der Waals surface area contributed by atoms with Crippen LogP contribution in [0.1, 0.15) is 27.6 Å². The van der Waals surface area contributed by atoms with Crippen molar-refractivity contribution in [2.24, 2.45) is 0 Å². The average molecular weight is 275 g/mol. The Hall–Kier alpha value is -2.13. The maximum absolute atomic E-state index is 11.4. The molecule has 0 spiro atoms. The van der Waals surface area contributed by atoms with Crippen LogP contribution in [-0.2, 0) is 0 Å². The fraction of sp³-hybridized carbons (Fsp3) is 0.0667. The number of hydrogen-bond acceptors (Lipinski definition) is 2. The minimum absolute atomic E-state index is 0.0416. The number of carboxylic acid groups (broad SMARTS) is 1. The van der Waals surface area contributed by atoms with Crippen LogP contribution >= 0.6 is 11.6 Å². The Labute approximate surface area is 115 Å². The standard InChI is InChI=1S/C15H11ClO3/c1-9(17)12-6-7-14(16)13(8-12)10-2-4-11(5-3-10)15(18)19/h2-8H,1H3,(H,18,19). The normalized spacial score (nSPS) is 10.2. The number of Topliss-reactive ketones (excluding diaryl/α,β-unsaturated/α-hetero) is 1. The third-order valence-corrected chi connectivity index (χ3v) is 3.15. The third kappa shape index (κ3) is 2.83. The average Bonchev–Trinajstić information content (AvgIpc) is 2.39. The number of ketones is 1. The highest BCUT2D eigenvalue weighted by Gasteiger charge is 2.08. The van der Waals surface area contributed by atoms with Gasteiger partial charge in [0.1, 0.15) is 0 Å². The molecule has 0 saturated carbocycles. The van der Waals surface area contributed by atoms with Crippen molar-refractivity contribution in [3.8, 4) is 11.1 Å². The van der Waals surface area contributed by atoms with Crippen molar-refractivity contribution in [3.05, 3.63) is 58.6 Å². The van der Waals surface area contributed by atoms with E-state index in [0.29, 0.717) is 16.1 Å². The van der Waals surface area contributed by atoms with Crippen LogP contribution < -0.4 is 0 Å². The van der Waals surface area contributed by atoms with Crippen LogP contribution in [0.3, 0.4) is 0 Å². The van der Waals surface area contributed by atoms with Crippen LogP contribution in [0, 0.1) is 0 Å². The van der Waals surface area contributed by atoms with Gasteiger partial charge in [-0.05, 0) is 42.8 Å². The van der Waals surface area contributed by atoms with E-state index < -0.39 is 5.97 Å². The van der Waals surface area contributed by atoms with Crippen molar-refractivity contribution in [3.63, 3.8) is 0 Å². The van der Waals surface area contributed by atoms with Crippen molar-refractivity contribution in [1.29, 1.82) is 0 Å². The van der Waals surface area contributed by atoms with Gasteiger partial charge in [0.25, 0.3) is 0 Å². The topological polar surface area (TPSA) is 54.4 Å². The molecule has 0 heterocycles. The summed E-state index contributed by atoms with van der Waals surface area (Å²) in [7, 11) is 0. The van der Waals surface area contributed by atoms with Crippen LogP contribution in [0.4, 0.5) is 0 Å². The van der Waals surface area contributed by atoms with Crippen molar-refractivity contribution >= 4 is 23.4 Å². The molecule has 2 aromatic rings. The Morgan fingerprint density at radius 2 is 1.58 bits per heavy atom. The molecular weight excluding hydrogens is 264 g/mol. The van der Waals surface area contributed by atoms with Crippen LogP contribution in [0.15, 0.2) is 42.5 Å². The molecule has 0 amide bonds. The molecule has 0 saturated heterocycles. The molecule has 2 rings (SSSR count). The van der Waals surface area contributed by atoms with Gasteiger partial charge in [0.15, 0.2) is 5.78 Å². The molecule has 19 heavy (non-hydrogen) atoms. The molecule has 0 aliphatic heterocycles. The highest BCUT2D eigenvalue weighted by Crippen LogP contribution is 2.29. The van der Waals surface area contributed by atoms with Gasteiger partial charge in [-0.15, -0.1) is 0 Å². The summed E-state index contributed by atoms with van der Waals surface area (Å²) in [6.07, 6.45) is 0. The molecule has 2 aromatic carbocycles. The number of halogens is 1. The van der Waals surface area contributed by atoms with Crippen LogP contribution in [-0.4, -0.2) is 16.9 Å². The van der Waals surface area contributed by atoms with E-state index in [2.05, 4.69) is 0 Å². The predicted molar refractivity (Wildman–Crippen MR) is 73.9 cm³/mol. The van der Waals surface area contributed by atoms with Gasteiger partial charge < -0.3 is 5.11 Å². The van der Waals surface area contributed by atoms with Gasteiger partial charge in [0, 0.05) is 16.1 Å². The smallest absolute Gasteiger partial charge is 0.335 e. The first-order valence-corrected chi connectivity index (χ1v) is 6.01. The minimum atomic E-state index is -0.977. The fourth-order valence-corrected chi connectivity index (χ4v) is 1.98. The molecule has 0 fully saturated rings. The zero-order valence-electron chi connectivity index (χ0n) is 10.2. The molecule has 0 aliphatic carbocycles. The van der Waals surface area contributed by atoms with Crippen LogP contribution in [0.5, 0.6) is 0 Å². The highest BCUT2D eigenvalue weighted by molar-refractivity contribution is 6.33. The van der Waals surface area contributed by atoms with E-state index in [1.165, 1.54) is 19.1 Å². The number of carbonyl (C=O) groups is 2. The van der Waals surface area contributed by atoms with E-state index in [1.54, 1.807) is 30.3 Å². The molecular formula is C15H11ClO3. The molecule has 0 aliphatic rings. The molecule has 0 radical (unpaired) electrons. The molecule has 96 valence electrons. The first-order chi connectivity index (χ1) is 8.99. The summed E-state index contributed by atoms with van der Waals surface area (Å²) in [6.45, 7) is 1.49. The van der Waals surface area contributed by atoms with Gasteiger partial charge in [0.05, 0.1) is 5.56 Å². The maximum Gasteiger partial charge on any atom is 0.335 e. The molecule has 0 aromatic heterocycles. The summed E-state index contributed by atoms with van der Waals surface area (Å²) in [5.41, 5.74) is 2.27. The van der Waals surface area contributed by atoms with Crippen LogP contribution in [0.25, 0.3) is 11.1 Å². The molecule has 4 heteroatoms. The zero-order valence-corrected chi connectivity index (χ0v) is 10.9. The van der Waals surface area contributed by atoms with E-state index in [1.807, 2.05) is 0 Å². The molecule has 0 unspecified atom stereocenters. The summed E-state index contributed by atoms with van der Waals surface area (Å²) in [4.78, 5) is 22.2. The minimum Gasteiger partial charge on any atom is -0.478 e. The summed E-state index contributed by atoms with van der Waals surface area (Å²) in [5.74, 6) is -1.02. The Balaban J connectivity index is 2.48. The van der Waals surface area contributed by atoms with Gasteiger partial charge in [-0.1, -0.05) is 23.7 Å². The fourth-order valence-electron chi connectivity index (χ4n) is 1.76. The largest absolute Gasteiger partial charge is 0.478 e. The third-order valence-electron chi connectivity index (χ3n) is 2.82. The molecule has 0 bridgehead atoms. The first-order valence-electron chi connectivity index (χ1n) is 5.63. The Bertz CT molecular complexity index is 645. The monoisotopic (exact) mass is 274 g/mol. The van der Waals surface area contributed by atoms with Gasteiger partial charge in [-0.25, -0.2) is 4.79 Å². The second-order valence-electron chi connectivity index (χ2n) is 4.13. The summed E-state index contributed by atoms with van der Waals surface area (Å²) >= 11 is 6.11. The van der Waals surface area contributed by atoms with E-state index in [9.17, 15) is 9.59 Å². The van der Waals surface area contributed by atoms with Gasteiger partial charge in [0.2, 0.25) is 0 Å². The van der Waals surface area contributed by atoms with E-state index in [-0.39, 0.29) is 11.3 Å². The van der Waals surface area contributed by atoms with E-state index in [0.717, 1.165) is 5.56 Å². The lowest BCUT2D eigenvalue weighted by atomic mass is 10.0. The number of rotatable bonds is 3. The second-order valence-corrected chi connectivity index (χ2v) is 4.54. The first kappa shape index (κ1) is 13.3. The van der Waals surface area contributed by atoms with Gasteiger partial charge in [-0.2, -0.15) is 0 Å². The Morgan fingerprint density at radius 1 is 1.00 bits per heavy atom. The SMILES string of the molecule is CC(=O)c1ccc(Cl)c(-c2ccc(C(=O)O)cc2)c1. The van der Waals surface area contributed by atoms with Crippen molar-refractivity contribution in [1.82, 2.24) is 0 Å². The summed E-state index contributed by atoms with van der Waals surface area (Å²) in [6, 6.07) is 11.4. The Morgan fingerprint density at radius 3 is 2.11 bits per heavy atom.